The molecule has 4 rings (SSSR count). The van der Waals surface area contributed by atoms with Crippen LogP contribution in [-0.4, -0.2) is 34.6 Å². The first-order chi connectivity index (χ1) is 18.0. The van der Waals surface area contributed by atoms with Crippen LogP contribution in [0.15, 0.2) is 83.3 Å². The average molecular weight is 580 g/mol. The number of halogens is 1. The fraction of sp³-hybridized carbons (Fsp3) is 0.355. The highest BCUT2D eigenvalue weighted by Crippen LogP contribution is 2.22. The highest BCUT2D eigenvalue weighted by atomic mass is 79.9. The van der Waals surface area contributed by atoms with Crippen LogP contribution in [0.5, 0.6) is 0 Å². The van der Waals surface area contributed by atoms with Crippen LogP contribution in [0.2, 0.25) is 0 Å². The van der Waals surface area contributed by atoms with E-state index in [9.17, 15) is 9.59 Å². The Labute approximate surface area is 233 Å². The Kier molecular flexibility index (Phi) is 10.3. The van der Waals surface area contributed by atoms with Crippen molar-refractivity contribution in [2.75, 3.05) is 5.75 Å². The van der Waals surface area contributed by atoms with Gasteiger partial charge in [0.25, 0.3) is 0 Å². The van der Waals surface area contributed by atoms with Crippen LogP contribution in [0.25, 0.3) is 0 Å². The Bertz CT molecular complexity index is 1180. The van der Waals surface area contributed by atoms with Gasteiger partial charge in [0.15, 0.2) is 0 Å². The van der Waals surface area contributed by atoms with Gasteiger partial charge in [0, 0.05) is 29.2 Å². The van der Waals surface area contributed by atoms with Gasteiger partial charge in [-0.05, 0) is 54.2 Å². The summed E-state index contributed by atoms with van der Waals surface area (Å²) >= 11 is 5.16. The summed E-state index contributed by atoms with van der Waals surface area (Å²) in [6.07, 6.45) is 4.79. The van der Waals surface area contributed by atoms with E-state index in [-0.39, 0.29) is 17.9 Å². The minimum Gasteiger partial charge on any atom is -0.352 e. The summed E-state index contributed by atoms with van der Waals surface area (Å²) < 4.78 is 0.960. The zero-order valence-electron chi connectivity index (χ0n) is 21.4. The Balaban J connectivity index is 1.57. The molecule has 0 spiro atoms. The lowest BCUT2D eigenvalue weighted by Crippen LogP contribution is -2.52. The minimum absolute atomic E-state index is 0.0129. The molecule has 194 valence electrons. The van der Waals surface area contributed by atoms with Crippen LogP contribution in [0.1, 0.15) is 47.9 Å². The Hall–Kier alpha value is -2.57. The SMILES string of the molecule is Cc1ccccc1CSCC(=O)N(Cc1cccc(Br)c1)[C@H](Cc1ccccc1)C(=O)NC1CCCC1. The number of aryl methyl sites for hydroxylation is 1. The molecule has 6 heteroatoms. The van der Waals surface area contributed by atoms with Gasteiger partial charge in [0.1, 0.15) is 6.04 Å². The molecule has 1 aliphatic rings. The van der Waals surface area contributed by atoms with E-state index in [0.29, 0.717) is 18.7 Å². The molecule has 3 aromatic rings. The van der Waals surface area contributed by atoms with Gasteiger partial charge in [-0.25, -0.2) is 0 Å². The number of benzene rings is 3. The summed E-state index contributed by atoms with van der Waals surface area (Å²) in [5.74, 6) is 1.02. The molecule has 37 heavy (non-hydrogen) atoms. The summed E-state index contributed by atoms with van der Waals surface area (Å²) in [4.78, 5) is 29.3. The average Bonchev–Trinajstić information content (AvgIpc) is 3.41. The van der Waals surface area contributed by atoms with Crippen molar-refractivity contribution in [1.29, 1.82) is 0 Å². The van der Waals surface area contributed by atoms with Crippen molar-refractivity contribution < 1.29 is 9.59 Å². The number of hydrogen-bond donors (Lipinski definition) is 1. The zero-order valence-corrected chi connectivity index (χ0v) is 23.8. The molecule has 0 saturated heterocycles. The van der Waals surface area contributed by atoms with E-state index in [1.54, 1.807) is 16.7 Å². The molecule has 1 fully saturated rings. The molecular weight excluding hydrogens is 544 g/mol. The molecule has 0 unspecified atom stereocenters. The van der Waals surface area contributed by atoms with E-state index in [4.69, 9.17) is 0 Å². The molecule has 0 aromatic heterocycles. The maximum Gasteiger partial charge on any atom is 0.243 e. The normalized spacial score (nSPS) is 14.3. The van der Waals surface area contributed by atoms with E-state index in [0.717, 1.165) is 47.0 Å². The summed E-state index contributed by atoms with van der Waals surface area (Å²) in [6.45, 7) is 2.49. The van der Waals surface area contributed by atoms with Crippen LogP contribution < -0.4 is 5.32 Å². The second-order valence-corrected chi connectivity index (χ2v) is 11.7. The number of nitrogens with one attached hydrogen (secondary N) is 1. The second kappa shape index (κ2) is 13.8. The molecular formula is C31H35BrN2O2S. The maximum atomic E-state index is 13.8. The Morgan fingerprint density at radius 2 is 1.68 bits per heavy atom. The third-order valence-electron chi connectivity index (χ3n) is 6.96. The van der Waals surface area contributed by atoms with Crippen LogP contribution in [0.4, 0.5) is 0 Å². The number of nitrogens with zero attached hydrogens (tertiary/aromatic N) is 1. The summed E-state index contributed by atoms with van der Waals surface area (Å²) in [5, 5.41) is 3.27. The molecule has 1 N–H and O–H groups in total. The fourth-order valence-electron chi connectivity index (χ4n) is 4.86. The molecule has 1 saturated carbocycles. The first-order valence-electron chi connectivity index (χ1n) is 13.0. The third kappa shape index (κ3) is 8.21. The van der Waals surface area contributed by atoms with E-state index >= 15 is 0 Å². The molecule has 2 amide bonds. The lowest BCUT2D eigenvalue weighted by Gasteiger charge is -2.32. The van der Waals surface area contributed by atoms with Crippen molar-refractivity contribution in [2.24, 2.45) is 0 Å². The van der Waals surface area contributed by atoms with Crippen molar-refractivity contribution >= 4 is 39.5 Å². The van der Waals surface area contributed by atoms with Gasteiger partial charge in [0.2, 0.25) is 11.8 Å². The van der Waals surface area contributed by atoms with Crippen molar-refractivity contribution in [3.8, 4) is 0 Å². The lowest BCUT2D eigenvalue weighted by atomic mass is 10.0. The van der Waals surface area contributed by atoms with Gasteiger partial charge in [-0.3, -0.25) is 9.59 Å². The van der Waals surface area contributed by atoms with Crippen LogP contribution in [-0.2, 0) is 28.3 Å². The van der Waals surface area contributed by atoms with Gasteiger partial charge in [-0.2, -0.15) is 0 Å². The van der Waals surface area contributed by atoms with Crippen LogP contribution in [0.3, 0.4) is 0 Å². The monoisotopic (exact) mass is 578 g/mol. The molecule has 3 aromatic carbocycles. The van der Waals surface area contributed by atoms with E-state index < -0.39 is 6.04 Å². The Morgan fingerprint density at radius 3 is 2.41 bits per heavy atom. The van der Waals surface area contributed by atoms with E-state index in [1.165, 1.54) is 11.1 Å². The van der Waals surface area contributed by atoms with E-state index in [1.807, 2.05) is 66.7 Å². The molecule has 0 bridgehead atoms. The van der Waals surface area contributed by atoms with Crippen LogP contribution in [0, 0.1) is 6.92 Å². The van der Waals surface area contributed by atoms with Gasteiger partial charge >= 0.3 is 0 Å². The number of hydrogen-bond acceptors (Lipinski definition) is 3. The summed E-state index contributed by atoms with van der Waals surface area (Å²) in [6, 6.07) is 25.9. The Morgan fingerprint density at radius 1 is 0.973 bits per heavy atom. The highest BCUT2D eigenvalue weighted by molar-refractivity contribution is 9.10. The standard InChI is InChI=1S/C31H35BrN2O2S/c1-23-10-5-6-14-26(23)21-37-22-30(35)34(20-25-13-9-15-27(32)18-25)29(19-24-11-3-2-4-12-24)31(36)33-28-16-7-8-17-28/h2-6,9-15,18,28-29H,7-8,16-17,19-22H2,1H3,(H,33,36)/t29-/m1/s1. The minimum atomic E-state index is -0.575. The topological polar surface area (TPSA) is 49.4 Å². The molecule has 4 nitrogen and oxygen atoms in total. The highest BCUT2D eigenvalue weighted by Gasteiger charge is 2.32. The molecule has 1 aliphatic carbocycles. The van der Waals surface area contributed by atoms with Gasteiger partial charge < -0.3 is 10.2 Å². The fourth-order valence-corrected chi connectivity index (χ4v) is 6.29. The van der Waals surface area contributed by atoms with Crippen LogP contribution >= 0.6 is 27.7 Å². The van der Waals surface area contributed by atoms with Crippen molar-refractivity contribution in [1.82, 2.24) is 10.2 Å². The first-order valence-corrected chi connectivity index (χ1v) is 14.9. The van der Waals surface area contributed by atoms with Gasteiger partial charge in [-0.15, -0.1) is 11.8 Å². The van der Waals surface area contributed by atoms with Crippen molar-refractivity contribution in [3.63, 3.8) is 0 Å². The predicted octanol–water partition coefficient (Wildman–Crippen LogP) is 6.69. The van der Waals surface area contributed by atoms with Crippen molar-refractivity contribution in [3.05, 3.63) is 106 Å². The first kappa shape index (κ1) is 27.5. The summed E-state index contributed by atoms with van der Waals surface area (Å²) in [5.41, 5.74) is 4.51. The van der Waals surface area contributed by atoms with Crippen molar-refractivity contribution in [2.45, 2.75) is 63.4 Å². The number of carbonyl (C=O) groups excluding carboxylic acids is 2. The number of carbonyl (C=O) groups is 2. The zero-order chi connectivity index (χ0) is 26.0. The maximum absolute atomic E-state index is 13.8. The summed E-state index contributed by atoms with van der Waals surface area (Å²) in [7, 11) is 0. The predicted molar refractivity (Wildman–Crippen MR) is 156 cm³/mol. The molecule has 1 atom stereocenters. The van der Waals surface area contributed by atoms with E-state index in [2.05, 4.69) is 40.3 Å². The number of thioether (sulfide) groups is 1. The smallest absolute Gasteiger partial charge is 0.243 e. The quantitative estimate of drug-likeness (QED) is 0.276. The third-order valence-corrected chi connectivity index (χ3v) is 8.42. The number of rotatable bonds is 11. The number of amides is 2. The van der Waals surface area contributed by atoms with Gasteiger partial charge in [-0.1, -0.05) is 95.5 Å². The van der Waals surface area contributed by atoms with Gasteiger partial charge in [0.05, 0.1) is 5.75 Å². The molecule has 0 aliphatic heterocycles. The largest absolute Gasteiger partial charge is 0.352 e. The lowest BCUT2D eigenvalue weighted by molar-refractivity contribution is -0.139. The second-order valence-electron chi connectivity index (χ2n) is 9.77. The molecule has 0 heterocycles. The molecule has 0 radical (unpaired) electrons.